The van der Waals surface area contributed by atoms with Crippen LogP contribution < -0.4 is 5.32 Å². The van der Waals surface area contributed by atoms with E-state index in [1.165, 1.54) is 5.56 Å². The van der Waals surface area contributed by atoms with E-state index in [0.717, 1.165) is 19.4 Å². The molecule has 1 heterocycles. The van der Waals surface area contributed by atoms with Crippen LogP contribution in [-0.2, 0) is 4.79 Å². The number of rotatable bonds is 6. The van der Waals surface area contributed by atoms with Crippen molar-refractivity contribution in [2.75, 3.05) is 19.3 Å². The van der Waals surface area contributed by atoms with Gasteiger partial charge >= 0.3 is 0 Å². The number of nitrogens with one attached hydrogen (secondary N) is 1. The highest BCUT2D eigenvalue weighted by Gasteiger charge is 2.37. The Hall–Kier alpha value is -1.00. The molecule has 1 unspecified atom stereocenters. The molecule has 1 aliphatic heterocycles. The van der Waals surface area contributed by atoms with Crippen LogP contribution in [0, 0.1) is 0 Å². The van der Waals surface area contributed by atoms with E-state index in [-0.39, 0.29) is 16.8 Å². The van der Waals surface area contributed by atoms with Crippen LogP contribution >= 0.6 is 11.8 Å². The molecule has 0 spiro atoms. The minimum Gasteiger partial charge on any atom is -0.320 e. The van der Waals surface area contributed by atoms with Gasteiger partial charge in [0.1, 0.15) is 6.17 Å². The van der Waals surface area contributed by atoms with Crippen LogP contribution in [0.15, 0.2) is 30.3 Å². The quantitative estimate of drug-likeness (QED) is 0.874. The van der Waals surface area contributed by atoms with Gasteiger partial charge in [-0.05, 0) is 24.7 Å². The second kappa shape index (κ2) is 6.64. The molecule has 0 aliphatic carbocycles. The third-order valence-corrected chi connectivity index (χ3v) is 5.95. The number of thioether (sulfide) groups is 1. The Morgan fingerprint density at radius 1 is 1.30 bits per heavy atom. The van der Waals surface area contributed by atoms with Crippen molar-refractivity contribution in [1.82, 2.24) is 10.2 Å². The normalized spacial score (nSPS) is 19.6. The minimum absolute atomic E-state index is 0.0216. The maximum Gasteiger partial charge on any atom is 0.238 e. The zero-order chi connectivity index (χ0) is 14.6. The number of amides is 1. The van der Waals surface area contributed by atoms with Gasteiger partial charge in [0.2, 0.25) is 5.91 Å². The van der Waals surface area contributed by atoms with Gasteiger partial charge in [0, 0.05) is 11.3 Å². The van der Waals surface area contributed by atoms with Gasteiger partial charge in [-0.15, -0.1) is 0 Å². The first kappa shape index (κ1) is 15.4. The average molecular weight is 292 g/mol. The van der Waals surface area contributed by atoms with Gasteiger partial charge in [-0.2, -0.15) is 11.8 Å². The fourth-order valence-electron chi connectivity index (χ4n) is 2.79. The molecule has 1 amide bonds. The molecule has 1 aromatic rings. The summed E-state index contributed by atoms with van der Waals surface area (Å²) < 4.78 is 0.161. The van der Waals surface area contributed by atoms with E-state index in [4.69, 9.17) is 0 Å². The number of benzene rings is 1. The molecule has 1 aliphatic rings. The topological polar surface area (TPSA) is 32.3 Å². The molecule has 4 heteroatoms. The van der Waals surface area contributed by atoms with Crippen LogP contribution in [0.4, 0.5) is 0 Å². The zero-order valence-electron chi connectivity index (χ0n) is 12.6. The lowest BCUT2D eigenvalue weighted by atomic mass is 10.0. The molecule has 1 aromatic carbocycles. The number of hydrogen-bond donors (Lipinski definition) is 1. The highest BCUT2D eigenvalue weighted by molar-refractivity contribution is 8.00. The van der Waals surface area contributed by atoms with Gasteiger partial charge in [0.25, 0.3) is 0 Å². The summed E-state index contributed by atoms with van der Waals surface area (Å²) in [6, 6.07) is 10.2. The number of hydrogen-bond acceptors (Lipinski definition) is 3. The molecule has 1 N–H and O–H groups in total. The summed E-state index contributed by atoms with van der Waals surface area (Å²) in [6.45, 7) is 5.68. The van der Waals surface area contributed by atoms with Crippen molar-refractivity contribution in [2.45, 2.75) is 37.6 Å². The fraction of sp³-hybridized carbons (Fsp3) is 0.562. The van der Waals surface area contributed by atoms with Crippen LogP contribution in [0.25, 0.3) is 0 Å². The van der Waals surface area contributed by atoms with Crippen molar-refractivity contribution in [1.29, 1.82) is 0 Å². The molecule has 0 radical (unpaired) electrons. The SMILES string of the molecule is CCC(CC)(CN1C(=O)CNC1c1ccccc1)SC. The molecule has 0 saturated carbocycles. The van der Waals surface area contributed by atoms with Gasteiger partial charge in [-0.3, -0.25) is 10.1 Å². The van der Waals surface area contributed by atoms with E-state index >= 15 is 0 Å². The van der Waals surface area contributed by atoms with Gasteiger partial charge in [0.05, 0.1) is 6.54 Å². The summed E-state index contributed by atoms with van der Waals surface area (Å²) in [6.07, 6.45) is 4.33. The lowest BCUT2D eigenvalue weighted by Crippen LogP contribution is -2.42. The van der Waals surface area contributed by atoms with E-state index in [0.29, 0.717) is 6.54 Å². The monoisotopic (exact) mass is 292 g/mol. The maximum absolute atomic E-state index is 12.2. The number of nitrogens with zero attached hydrogens (tertiary/aromatic N) is 1. The Bertz CT molecular complexity index is 437. The molecule has 110 valence electrons. The third kappa shape index (κ3) is 3.01. The van der Waals surface area contributed by atoms with Crippen molar-refractivity contribution in [3.05, 3.63) is 35.9 Å². The lowest BCUT2D eigenvalue weighted by molar-refractivity contribution is -0.128. The van der Waals surface area contributed by atoms with E-state index in [2.05, 4.69) is 37.6 Å². The number of carbonyl (C=O) groups is 1. The average Bonchev–Trinajstić information content (AvgIpc) is 2.87. The van der Waals surface area contributed by atoms with Crippen LogP contribution in [0.5, 0.6) is 0 Å². The molecule has 1 atom stereocenters. The smallest absolute Gasteiger partial charge is 0.238 e. The van der Waals surface area contributed by atoms with Crippen LogP contribution in [0.3, 0.4) is 0 Å². The first-order valence-electron chi connectivity index (χ1n) is 7.28. The fourth-order valence-corrected chi connectivity index (χ4v) is 3.64. The molecular weight excluding hydrogens is 268 g/mol. The molecule has 3 nitrogen and oxygen atoms in total. The molecule has 0 aromatic heterocycles. The first-order chi connectivity index (χ1) is 9.65. The first-order valence-corrected chi connectivity index (χ1v) is 8.51. The van der Waals surface area contributed by atoms with Crippen LogP contribution in [-0.4, -0.2) is 34.9 Å². The minimum atomic E-state index is 0.0216. The van der Waals surface area contributed by atoms with Gasteiger partial charge < -0.3 is 4.90 Å². The Labute approximate surface area is 126 Å². The molecule has 1 fully saturated rings. The Balaban J connectivity index is 2.21. The predicted molar refractivity (Wildman–Crippen MR) is 85.7 cm³/mol. The lowest BCUT2D eigenvalue weighted by Gasteiger charge is -2.36. The summed E-state index contributed by atoms with van der Waals surface area (Å²) in [5.41, 5.74) is 1.17. The second-order valence-corrected chi connectivity index (χ2v) is 6.58. The summed E-state index contributed by atoms with van der Waals surface area (Å²) >= 11 is 1.88. The summed E-state index contributed by atoms with van der Waals surface area (Å²) in [5, 5.41) is 3.33. The molecular formula is C16H24N2OS. The van der Waals surface area contributed by atoms with Crippen molar-refractivity contribution in [2.24, 2.45) is 0 Å². The number of carbonyl (C=O) groups excluding carboxylic acids is 1. The van der Waals surface area contributed by atoms with Gasteiger partial charge in [-0.25, -0.2) is 0 Å². The van der Waals surface area contributed by atoms with E-state index < -0.39 is 0 Å². The Kier molecular flexibility index (Phi) is 5.11. The largest absolute Gasteiger partial charge is 0.320 e. The summed E-state index contributed by atoms with van der Waals surface area (Å²) in [7, 11) is 0. The summed E-state index contributed by atoms with van der Waals surface area (Å²) in [5.74, 6) is 0.208. The van der Waals surface area contributed by atoms with E-state index in [9.17, 15) is 4.79 Å². The molecule has 2 rings (SSSR count). The zero-order valence-corrected chi connectivity index (χ0v) is 13.4. The van der Waals surface area contributed by atoms with Gasteiger partial charge in [-0.1, -0.05) is 44.2 Å². The summed E-state index contributed by atoms with van der Waals surface area (Å²) in [4.78, 5) is 14.3. The standard InChI is InChI=1S/C16H24N2OS/c1-4-16(5-2,20-3)12-18-14(19)11-17-15(18)13-9-7-6-8-10-13/h6-10,15,17H,4-5,11-12H2,1-3H3. The Morgan fingerprint density at radius 2 is 1.95 bits per heavy atom. The van der Waals surface area contributed by atoms with Gasteiger partial charge in [0.15, 0.2) is 0 Å². The van der Waals surface area contributed by atoms with Crippen molar-refractivity contribution in [3.8, 4) is 0 Å². The highest BCUT2D eigenvalue weighted by atomic mass is 32.2. The van der Waals surface area contributed by atoms with Crippen molar-refractivity contribution in [3.63, 3.8) is 0 Å². The predicted octanol–water partition coefficient (Wildman–Crippen LogP) is 3.04. The molecule has 20 heavy (non-hydrogen) atoms. The molecule has 1 saturated heterocycles. The van der Waals surface area contributed by atoms with E-state index in [1.54, 1.807) is 0 Å². The van der Waals surface area contributed by atoms with Crippen LogP contribution in [0.1, 0.15) is 38.4 Å². The van der Waals surface area contributed by atoms with Crippen LogP contribution in [0.2, 0.25) is 0 Å². The second-order valence-electron chi connectivity index (χ2n) is 5.31. The van der Waals surface area contributed by atoms with Crippen molar-refractivity contribution < 1.29 is 4.79 Å². The Morgan fingerprint density at radius 3 is 2.50 bits per heavy atom. The highest BCUT2D eigenvalue weighted by Crippen LogP contribution is 2.34. The molecule has 0 bridgehead atoms. The maximum atomic E-state index is 12.2. The van der Waals surface area contributed by atoms with E-state index in [1.807, 2.05) is 34.9 Å². The third-order valence-electron chi connectivity index (χ3n) is 4.37. The van der Waals surface area contributed by atoms with Crippen molar-refractivity contribution >= 4 is 17.7 Å².